The highest BCUT2D eigenvalue weighted by Gasteiger charge is 2.16. The number of hydrogen-bond acceptors (Lipinski definition) is 2. The molecule has 0 spiro atoms. The molecule has 0 unspecified atom stereocenters. The standard InChI is InChI=1S/C43H46F8O2/c1-2-29(15-11-7-3-5-9-13-21-52-32-17-19-34(36(44)27-32)30-23-38(46)42(50)39(47)24-30)16-12-8-4-6-10-14-22-53-33-18-20-35(37(45)28-33)31-25-40(48)43(51)41(49)26-31/h2,17-20,23-29H,1,3-16,21-22H2. The van der Waals surface area contributed by atoms with Gasteiger partial charge in [-0.1, -0.05) is 70.3 Å². The Labute approximate surface area is 306 Å². The van der Waals surface area contributed by atoms with Crippen LogP contribution in [-0.4, -0.2) is 13.2 Å². The van der Waals surface area contributed by atoms with Gasteiger partial charge in [0.2, 0.25) is 0 Å². The average molecular weight is 747 g/mol. The van der Waals surface area contributed by atoms with Crippen molar-refractivity contribution in [2.75, 3.05) is 13.2 Å². The molecule has 4 rings (SSSR count). The first kappa shape index (κ1) is 41.4. The van der Waals surface area contributed by atoms with Crippen molar-refractivity contribution < 1.29 is 44.6 Å². The molecule has 53 heavy (non-hydrogen) atoms. The fourth-order valence-electron chi connectivity index (χ4n) is 6.25. The number of halogens is 8. The van der Waals surface area contributed by atoms with Crippen LogP contribution in [0.15, 0.2) is 73.3 Å². The van der Waals surface area contributed by atoms with Crippen molar-refractivity contribution in [2.24, 2.45) is 5.92 Å². The van der Waals surface area contributed by atoms with E-state index in [-0.39, 0.29) is 22.3 Å². The zero-order valence-corrected chi connectivity index (χ0v) is 29.8. The van der Waals surface area contributed by atoms with Crippen LogP contribution in [0, 0.1) is 52.5 Å². The highest BCUT2D eigenvalue weighted by molar-refractivity contribution is 5.66. The summed E-state index contributed by atoms with van der Waals surface area (Å²) in [6.45, 7) is 4.87. The highest BCUT2D eigenvalue weighted by atomic mass is 19.2. The third-order valence-electron chi connectivity index (χ3n) is 9.28. The van der Waals surface area contributed by atoms with Crippen molar-refractivity contribution in [3.8, 4) is 33.8 Å². The summed E-state index contributed by atoms with van der Waals surface area (Å²) < 4.78 is 121. The van der Waals surface area contributed by atoms with Crippen molar-refractivity contribution in [2.45, 2.75) is 89.9 Å². The molecule has 0 saturated heterocycles. The van der Waals surface area contributed by atoms with Gasteiger partial charge in [-0.3, -0.25) is 0 Å². The summed E-state index contributed by atoms with van der Waals surface area (Å²) in [5.41, 5.74) is -0.260. The van der Waals surface area contributed by atoms with Crippen LogP contribution in [0.2, 0.25) is 0 Å². The van der Waals surface area contributed by atoms with E-state index in [1.165, 1.54) is 24.3 Å². The maximum absolute atomic E-state index is 14.5. The predicted octanol–water partition coefficient (Wildman–Crippen LogP) is 13.9. The summed E-state index contributed by atoms with van der Waals surface area (Å²) in [7, 11) is 0. The third-order valence-corrected chi connectivity index (χ3v) is 9.28. The fourth-order valence-corrected chi connectivity index (χ4v) is 6.25. The Balaban J connectivity index is 0.974. The second kappa shape index (κ2) is 21.4. The number of hydrogen-bond donors (Lipinski definition) is 0. The normalized spacial score (nSPS) is 11.3. The second-order valence-electron chi connectivity index (χ2n) is 13.3. The summed E-state index contributed by atoms with van der Waals surface area (Å²) in [6.07, 6.45) is 16.9. The van der Waals surface area contributed by atoms with Crippen molar-refractivity contribution in [1.82, 2.24) is 0 Å². The first-order valence-electron chi connectivity index (χ1n) is 18.3. The first-order valence-corrected chi connectivity index (χ1v) is 18.3. The topological polar surface area (TPSA) is 18.5 Å². The zero-order chi connectivity index (χ0) is 38.2. The van der Waals surface area contributed by atoms with Crippen LogP contribution >= 0.6 is 0 Å². The minimum absolute atomic E-state index is 0.0413. The Morgan fingerprint density at radius 2 is 0.774 bits per heavy atom. The van der Waals surface area contributed by atoms with Gasteiger partial charge in [-0.15, -0.1) is 6.58 Å². The molecule has 0 atom stereocenters. The van der Waals surface area contributed by atoms with Gasteiger partial charge in [-0.2, -0.15) is 0 Å². The van der Waals surface area contributed by atoms with Crippen LogP contribution in [0.5, 0.6) is 11.5 Å². The lowest BCUT2D eigenvalue weighted by molar-refractivity contribution is 0.302. The van der Waals surface area contributed by atoms with E-state index in [9.17, 15) is 35.1 Å². The molecule has 0 amide bonds. The smallest absolute Gasteiger partial charge is 0.194 e. The van der Waals surface area contributed by atoms with Crippen molar-refractivity contribution in [3.05, 3.63) is 120 Å². The number of ether oxygens (including phenoxy) is 2. The molecule has 0 saturated carbocycles. The molecule has 2 nitrogen and oxygen atoms in total. The molecule has 0 aliphatic carbocycles. The number of unbranched alkanes of at least 4 members (excludes halogenated alkanes) is 10. The first-order chi connectivity index (χ1) is 25.6. The molecule has 286 valence electrons. The molecular weight excluding hydrogens is 700 g/mol. The largest absolute Gasteiger partial charge is 0.493 e. The van der Waals surface area contributed by atoms with Gasteiger partial charge in [-0.05, 0) is 91.3 Å². The van der Waals surface area contributed by atoms with Gasteiger partial charge in [0.1, 0.15) is 23.1 Å². The molecule has 0 aliphatic rings. The molecule has 0 aliphatic heterocycles. The minimum Gasteiger partial charge on any atom is -0.493 e. The van der Waals surface area contributed by atoms with E-state index >= 15 is 0 Å². The molecular formula is C43H46F8O2. The number of benzene rings is 4. The molecule has 4 aromatic rings. The quantitative estimate of drug-likeness (QED) is 0.0326. The lowest BCUT2D eigenvalue weighted by Crippen LogP contribution is -1.99. The van der Waals surface area contributed by atoms with Gasteiger partial charge in [0.25, 0.3) is 0 Å². The summed E-state index contributed by atoms with van der Waals surface area (Å²) in [5.74, 6) is -8.95. The summed E-state index contributed by atoms with van der Waals surface area (Å²) >= 11 is 0. The van der Waals surface area contributed by atoms with E-state index in [4.69, 9.17) is 9.47 Å². The van der Waals surface area contributed by atoms with E-state index in [2.05, 4.69) is 12.7 Å². The van der Waals surface area contributed by atoms with E-state index in [1.54, 1.807) is 0 Å². The van der Waals surface area contributed by atoms with Crippen molar-refractivity contribution in [3.63, 3.8) is 0 Å². The monoisotopic (exact) mass is 746 g/mol. The summed E-state index contributed by atoms with van der Waals surface area (Å²) in [4.78, 5) is 0. The predicted molar refractivity (Wildman–Crippen MR) is 193 cm³/mol. The molecule has 10 heteroatoms. The Morgan fingerprint density at radius 1 is 0.434 bits per heavy atom. The molecule has 0 bridgehead atoms. The minimum atomic E-state index is -1.59. The second-order valence-corrected chi connectivity index (χ2v) is 13.3. The van der Waals surface area contributed by atoms with Gasteiger partial charge < -0.3 is 9.47 Å². The van der Waals surface area contributed by atoms with Gasteiger partial charge in [0.15, 0.2) is 34.9 Å². The van der Waals surface area contributed by atoms with E-state index in [0.29, 0.717) is 30.6 Å². The van der Waals surface area contributed by atoms with Crippen molar-refractivity contribution in [1.29, 1.82) is 0 Å². The Kier molecular flexibility index (Phi) is 16.7. The average Bonchev–Trinajstić information content (AvgIpc) is 3.13. The summed E-state index contributed by atoms with van der Waals surface area (Å²) in [5, 5.41) is 0. The molecule has 0 heterocycles. The highest BCUT2D eigenvalue weighted by Crippen LogP contribution is 2.30. The van der Waals surface area contributed by atoms with Crippen LogP contribution in [0.25, 0.3) is 22.3 Å². The van der Waals surface area contributed by atoms with Gasteiger partial charge >= 0.3 is 0 Å². The fraction of sp³-hybridized carbons (Fsp3) is 0.395. The van der Waals surface area contributed by atoms with Crippen LogP contribution in [0.1, 0.15) is 89.9 Å². The number of allylic oxidation sites excluding steroid dienone is 1. The lowest BCUT2D eigenvalue weighted by Gasteiger charge is -2.12. The van der Waals surface area contributed by atoms with Crippen molar-refractivity contribution >= 4 is 0 Å². The van der Waals surface area contributed by atoms with Gasteiger partial charge in [-0.25, -0.2) is 35.1 Å². The van der Waals surface area contributed by atoms with E-state index in [1.807, 2.05) is 0 Å². The van der Waals surface area contributed by atoms with Gasteiger partial charge in [0.05, 0.1) is 13.2 Å². The molecule has 0 N–H and O–H groups in total. The SMILES string of the molecule is C=CC(CCCCCCCCOc1ccc(-c2cc(F)c(F)c(F)c2)c(F)c1)CCCCCCCCOc1ccc(-c2cc(F)c(F)c(F)c2)c(F)c1. The van der Waals surface area contributed by atoms with Crippen LogP contribution in [-0.2, 0) is 0 Å². The molecule has 0 aromatic heterocycles. The lowest BCUT2D eigenvalue weighted by atomic mass is 9.94. The van der Waals surface area contributed by atoms with Crippen LogP contribution < -0.4 is 9.47 Å². The zero-order valence-electron chi connectivity index (χ0n) is 29.8. The molecule has 0 fully saturated rings. The number of rotatable bonds is 23. The Morgan fingerprint density at radius 3 is 1.11 bits per heavy atom. The van der Waals surface area contributed by atoms with E-state index in [0.717, 1.165) is 126 Å². The Hall–Kier alpha value is -4.34. The molecule has 4 aromatic carbocycles. The van der Waals surface area contributed by atoms with Crippen LogP contribution in [0.4, 0.5) is 35.1 Å². The molecule has 0 radical (unpaired) electrons. The Bertz CT molecular complexity index is 1600. The maximum Gasteiger partial charge on any atom is 0.194 e. The third kappa shape index (κ3) is 12.9. The van der Waals surface area contributed by atoms with E-state index < -0.39 is 46.5 Å². The van der Waals surface area contributed by atoms with Crippen LogP contribution in [0.3, 0.4) is 0 Å². The maximum atomic E-state index is 14.5. The van der Waals surface area contributed by atoms with Gasteiger partial charge in [0, 0.05) is 23.3 Å². The summed E-state index contributed by atoms with van der Waals surface area (Å²) in [6, 6.07) is 11.1.